The molecule has 0 saturated carbocycles. The van der Waals surface area contributed by atoms with Crippen LogP contribution in [0, 0.1) is 12.7 Å². The lowest BCUT2D eigenvalue weighted by Gasteiger charge is -2.03. The summed E-state index contributed by atoms with van der Waals surface area (Å²) in [6.45, 7) is 1.91. The van der Waals surface area contributed by atoms with Crippen LogP contribution in [0.15, 0.2) is 36.7 Å². The standard InChI is InChI=1S/C11H9FN2/c1-8-3-4-9(12)7-10(8)11-13-5-2-6-14-11/h2-7H,1H3. The van der Waals surface area contributed by atoms with E-state index in [1.165, 1.54) is 12.1 Å². The van der Waals surface area contributed by atoms with E-state index in [4.69, 9.17) is 0 Å². The Morgan fingerprint density at radius 3 is 2.57 bits per heavy atom. The van der Waals surface area contributed by atoms with E-state index in [-0.39, 0.29) is 5.82 Å². The Hall–Kier alpha value is -1.77. The Morgan fingerprint density at radius 1 is 1.14 bits per heavy atom. The summed E-state index contributed by atoms with van der Waals surface area (Å²) in [5, 5.41) is 0. The molecule has 70 valence electrons. The summed E-state index contributed by atoms with van der Waals surface area (Å²) in [5.41, 5.74) is 1.71. The lowest BCUT2D eigenvalue weighted by Crippen LogP contribution is -1.90. The van der Waals surface area contributed by atoms with E-state index in [0.29, 0.717) is 5.82 Å². The van der Waals surface area contributed by atoms with Crippen LogP contribution in [0.5, 0.6) is 0 Å². The van der Waals surface area contributed by atoms with Gasteiger partial charge in [-0.1, -0.05) is 6.07 Å². The van der Waals surface area contributed by atoms with Gasteiger partial charge in [0.15, 0.2) is 5.82 Å². The summed E-state index contributed by atoms with van der Waals surface area (Å²) < 4.78 is 13.0. The van der Waals surface area contributed by atoms with Crippen molar-refractivity contribution < 1.29 is 4.39 Å². The largest absolute Gasteiger partial charge is 0.237 e. The summed E-state index contributed by atoms with van der Waals surface area (Å²) in [5.74, 6) is 0.294. The molecule has 0 aliphatic carbocycles. The summed E-state index contributed by atoms with van der Waals surface area (Å²) in [7, 11) is 0. The predicted octanol–water partition coefficient (Wildman–Crippen LogP) is 2.59. The normalized spacial score (nSPS) is 10.1. The molecule has 0 N–H and O–H groups in total. The van der Waals surface area contributed by atoms with Gasteiger partial charge >= 0.3 is 0 Å². The van der Waals surface area contributed by atoms with Crippen LogP contribution in [0.25, 0.3) is 11.4 Å². The maximum atomic E-state index is 13.0. The van der Waals surface area contributed by atoms with Crippen LogP contribution in [0.4, 0.5) is 4.39 Å². The van der Waals surface area contributed by atoms with E-state index in [2.05, 4.69) is 9.97 Å². The molecular formula is C11H9FN2. The van der Waals surface area contributed by atoms with Crippen LogP contribution in [0.3, 0.4) is 0 Å². The van der Waals surface area contributed by atoms with Crippen LogP contribution in [0.2, 0.25) is 0 Å². The van der Waals surface area contributed by atoms with Crippen molar-refractivity contribution in [2.75, 3.05) is 0 Å². The number of rotatable bonds is 1. The van der Waals surface area contributed by atoms with Crippen molar-refractivity contribution in [2.45, 2.75) is 6.92 Å². The first-order valence-electron chi connectivity index (χ1n) is 4.31. The Kier molecular flexibility index (Phi) is 2.23. The molecule has 3 heteroatoms. The molecule has 1 aromatic heterocycles. The molecular weight excluding hydrogens is 179 g/mol. The fourth-order valence-corrected chi connectivity index (χ4v) is 1.27. The molecule has 0 amide bonds. The lowest BCUT2D eigenvalue weighted by atomic mass is 10.1. The first kappa shape index (κ1) is 8.81. The smallest absolute Gasteiger partial charge is 0.159 e. The van der Waals surface area contributed by atoms with Gasteiger partial charge in [-0.2, -0.15) is 0 Å². The van der Waals surface area contributed by atoms with E-state index in [1.54, 1.807) is 24.5 Å². The fourth-order valence-electron chi connectivity index (χ4n) is 1.27. The van der Waals surface area contributed by atoms with Crippen molar-refractivity contribution in [3.63, 3.8) is 0 Å². The van der Waals surface area contributed by atoms with Gasteiger partial charge in [0.05, 0.1) is 0 Å². The van der Waals surface area contributed by atoms with Crippen molar-refractivity contribution in [3.8, 4) is 11.4 Å². The van der Waals surface area contributed by atoms with Gasteiger partial charge < -0.3 is 0 Å². The Morgan fingerprint density at radius 2 is 1.86 bits per heavy atom. The van der Waals surface area contributed by atoms with Gasteiger partial charge in [-0.15, -0.1) is 0 Å². The first-order valence-corrected chi connectivity index (χ1v) is 4.31. The lowest BCUT2D eigenvalue weighted by molar-refractivity contribution is 0.627. The number of aryl methyl sites for hydroxylation is 1. The van der Waals surface area contributed by atoms with E-state index >= 15 is 0 Å². The minimum Gasteiger partial charge on any atom is -0.237 e. The quantitative estimate of drug-likeness (QED) is 0.687. The summed E-state index contributed by atoms with van der Waals surface area (Å²) in [4.78, 5) is 8.15. The molecule has 0 spiro atoms. The number of benzene rings is 1. The minimum absolute atomic E-state index is 0.266. The highest BCUT2D eigenvalue weighted by atomic mass is 19.1. The van der Waals surface area contributed by atoms with Crippen molar-refractivity contribution in [1.82, 2.24) is 9.97 Å². The molecule has 2 aromatic rings. The Bertz CT molecular complexity index is 440. The highest BCUT2D eigenvalue weighted by Crippen LogP contribution is 2.19. The molecule has 2 nitrogen and oxygen atoms in total. The molecule has 2 rings (SSSR count). The van der Waals surface area contributed by atoms with Gasteiger partial charge in [-0.25, -0.2) is 14.4 Å². The molecule has 0 saturated heterocycles. The molecule has 0 aliphatic rings. The maximum Gasteiger partial charge on any atom is 0.159 e. The number of nitrogens with zero attached hydrogens (tertiary/aromatic N) is 2. The van der Waals surface area contributed by atoms with Gasteiger partial charge in [0.1, 0.15) is 5.82 Å². The van der Waals surface area contributed by atoms with Gasteiger partial charge in [0.25, 0.3) is 0 Å². The van der Waals surface area contributed by atoms with Crippen LogP contribution in [0.1, 0.15) is 5.56 Å². The van der Waals surface area contributed by atoms with Crippen molar-refractivity contribution in [2.24, 2.45) is 0 Å². The number of hydrogen-bond donors (Lipinski definition) is 0. The zero-order valence-electron chi connectivity index (χ0n) is 7.74. The van der Waals surface area contributed by atoms with Crippen LogP contribution in [-0.2, 0) is 0 Å². The van der Waals surface area contributed by atoms with Crippen LogP contribution >= 0.6 is 0 Å². The third kappa shape index (κ3) is 1.62. The molecule has 0 fully saturated rings. The molecule has 0 radical (unpaired) electrons. The minimum atomic E-state index is -0.266. The van der Waals surface area contributed by atoms with E-state index in [9.17, 15) is 4.39 Å². The summed E-state index contributed by atoms with van der Waals surface area (Å²) >= 11 is 0. The molecule has 1 heterocycles. The average molecular weight is 188 g/mol. The molecule has 0 atom stereocenters. The second-order valence-corrected chi connectivity index (χ2v) is 3.03. The fraction of sp³-hybridized carbons (Fsp3) is 0.0909. The van der Waals surface area contributed by atoms with Crippen molar-refractivity contribution in [1.29, 1.82) is 0 Å². The van der Waals surface area contributed by atoms with Crippen molar-refractivity contribution >= 4 is 0 Å². The number of aromatic nitrogens is 2. The average Bonchev–Trinajstić information content (AvgIpc) is 2.23. The highest BCUT2D eigenvalue weighted by molar-refractivity contribution is 5.59. The Balaban J connectivity index is 2.57. The topological polar surface area (TPSA) is 25.8 Å². The molecule has 1 aromatic carbocycles. The number of hydrogen-bond acceptors (Lipinski definition) is 2. The predicted molar refractivity (Wildman–Crippen MR) is 52.2 cm³/mol. The first-order chi connectivity index (χ1) is 6.77. The molecule has 0 aliphatic heterocycles. The molecule has 14 heavy (non-hydrogen) atoms. The van der Waals surface area contributed by atoms with E-state index in [0.717, 1.165) is 11.1 Å². The second-order valence-electron chi connectivity index (χ2n) is 3.03. The Labute approximate surface area is 81.5 Å². The van der Waals surface area contributed by atoms with Gasteiger partial charge in [0.2, 0.25) is 0 Å². The second kappa shape index (κ2) is 3.54. The molecule has 0 unspecified atom stereocenters. The maximum absolute atomic E-state index is 13.0. The SMILES string of the molecule is Cc1ccc(F)cc1-c1ncccn1. The highest BCUT2D eigenvalue weighted by Gasteiger charge is 2.04. The van der Waals surface area contributed by atoms with Gasteiger partial charge in [-0.3, -0.25) is 0 Å². The van der Waals surface area contributed by atoms with Crippen molar-refractivity contribution in [3.05, 3.63) is 48.0 Å². The van der Waals surface area contributed by atoms with E-state index in [1.807, 2.05) is 6.92 Å². The molecule has 0 bridgehead atoms. The summed E-state index contributed by atoms with van der Waals surface area (Å²) in [6, 6.07) is 6.34. The van der Waals surface area contributed by atoms with Crippen LogP contribution in [-0.4, -0.2) is 9.97 Å². The monoisotopic (exact) mass is 188 g/mol. The zero-order valence-corrected chi connectivity index (χ0v) is 7.74. The van der Waals surface area contributed by atoms with Gasteiger partial charge in [0, 0.05) is 18.0 Å². The number of halogens is 1. The van der Waals surface area contributed by atoms with E-state index < -0.39 is 0 Å². The zero-order chi connectivity index (χ0) is 9.97. The van der Waals surface area contributed by atoms with Gasteiger partial charge in [-0.05, 0) is 30.7 Å². The summed E-state index contributed by atoms with van der Waals surface area (Å²) in [6.07, 6.45) is 3.29. The van der Waals surface area contributed by atoms with Crippen LogP contribution < -0.4 is 0 Å². The third-order valence-corrected chi connectivity index (χ3v) is 2.01. The third-order valence-electron chi connectivity index (χ3n) is 2.01.